The Labute approximate surface area is 162 Å². The van der Waals surface area contributed by atoms with Gasteiger partial charge in [0, 0.05) is 45.8 Å². The molecule has 0 radical (unpaired) electrons. The first-order chi connectivity index (χ1) is 13.2. The largest absolute Gasteiger partial charge is 0.466 e. The van der Waals surface area contributed by atoms with E-state index in [-0.39, 0.29) is 17.8 Å². The minimum atomic E-state index is -0.162. The summed E-state index contributed by atoms with van der Waals surface area (Å²) in [6.07, 6.45) is 1.70. The smallest absolute Gasteiger partial charge is 0.310 e. The first-order valence-electron chi connectivity index (χ1n) is 10.1. The zero-order valence-electron chi connectivity index (χ0n) is 16.3. The molecule has 3 rings (SSSR count). The molecule has 1 aromatic rings. The zero-order chi connectivity index (χ0) is 19.1. The Hall–Kier alpha value is -1.92. The van der Waals surface area contributed by atoms with Crippen LogP contribution in [-0.2, 0) is 20.9 Å². The SMILES string of the molecule is CCOC(=O)C1CCCN(C(=O)CN2CCN(Cc3ccccc3)CC2)C1. The average Bonchev–Trinajstić information content (AvgIpc) is 2.70. The van der Waals surface area contributed by atoms with Crippen LogP contribution in [0, 0.1) is 5.92 Å². The van der Waals surface area contributed by atoms with Crippen molar-refractivity contribution in [2.75, 3.05) is 52.4 Å². The molecular formula is C21H31N3O3. The zero-order valence-corrected chi connectivity index (χ0v) is 16.3. The molecule has 0 aromatic heterocycles. The number of hydrogen-bond donors (Lipinski definition) is 0. The van der Waals surface area contributed by atoms with E-state index in [0.29, 0.717) is 19.7 Å². The second-order valence-corrected chi connectivity index (χ2v) is 7.47. The first-order valence-corrected chi connectivity index (χ1v) is 10.1. The molecule has 6 heteroatoms. The van der Waals surface area contributed by atoms with E-state index in [2.05, 4.69) is 34.1 Å². The third-order valence-electron chi connectivity index (χ3n) is 5.47. The Morgan fingerprint density at radius 2 is 1.74 bits per heavy atom. The third-order valence-corrected chi connectivity index (χ3v) is 5.47. The van der Waals surface area contributed by atoms with Gasteiger partial charge in [0.1, 0.15) is 0 Å². The number of rotatable bonds is 6. The summed E-state index contributed by atoms with van der Waals surface area (Å²) in [6.45, 7) is 8.68. The van der Waals surface area contributed by atoms with Crippen molar-refractivity contribution in [3.63, 3.8) is 0 Å². The Balaban J connectivity index is 1.42. The molecule has 2 heterocycles. The van der Waals surface area contributed by atoms with E-state index < -0.39 is 0 Å². The number of carbonyl (C=O) groups excluding carboxylic acids is 2. The Morgan fingerprint density at radius 3 is 2.44 bits per heavy atom. The predicted molar refractivity (Wildman–Crippen MR) is 104 cm³/mol. The predicted octanol–water partition coefficient (Wildman–Crippen LogP) is 1.61. The molecule has 0 aliphatic carbocycles. The van der Waals surface area contributed by atoms with Gasteiger partial charge in [0.05, 0.1) is 19.1 Å². The summed E-state index contributed by atoms with van der Waals surface area (Å²) in [4.78, 5) is 31.2. The molecule has 1 unspecified atom stereocenters. The normalized spacial score (nSPS) is 21.8. The van der Waals surface area contributed by atoms with E-state index in [1.54, 1.807) is 0 Å². The monoisotopic (exact) mass is 373 g/mol. The highest BCUT2D eigenvalue weighted by Crippen LogP contribution is 2.18. The van der Waals surface area contributed by atoms with E-state index in [9.17, 15) is 9.59 Å². The van der Waals surface area contributed by atoms with Gasteiger partial charge in [-0.1, -0.05) is 30.3 Å². The summed E-state index contributed by atoms with van der Waals surface area (Å²) >= 11 is 0. The van der Waals surface area contributed by atoms with Crippen LogP contribution in [-0.4, -0.2) is 79.0 Å². The van der Waals surface area contributed by atoms with Gasteiger partial charge in [0.2, 0.25) is 5.91 Å². The summed E-state index contributed by atoms with van der Waals surface area (Å²) in [5, 5.41) is 0. The summed E-state index contributed by atoms with van der Waals surface area (Å²) in [5.74, 6) is -0.185. The van der Waals surface area contributed by atoms with Crippen LogP contribution in [0.2, 0.25) is 0 Å². The molecule has 1 aromatic carbocycles. The molecule has 2 aliphatic rings. The van der Waals surface area contributed by atoms with Crippen molar-refractivity contribution in [2.45, 2.75) is 26.3 Å². The lowest BCUT2D eigenvalue weighted by Gasteiger charge is -2.37. The van der Waals surface area contributed by atoms with E-state index in [0.717, 1.165) is 52.1 Å². The third kappa shape index (κ3) is 5.78. The number of amides is 1. The van der Waals surface area contributed by atoms with Crippen LogP contribution in [0.3, 0.4) is 0 Å². The average molecular weight is 373 g/mol. The molecule has 6 nitrogen and oxygen atoms in total. The van der Waals surface area contributed by atoms with E-state index in [1.807, 2.05) is 17.9 Å². The van der Waals surface area contributed by atoms with Crippen LogP contribution in [0.4, 0.5) is 0 Å². The maximum atomic E-state index is 12.7. The van der Waals surface area contributed by atoms with Gasteiger partial charge < -0.3 is 9.64 Å². The molecule has 148 valence electrons. The van der Waals surface area contributed by atoms with Gasteiger partial charge in [-0.15, -0.1) is 0 Å². The summed E-state index contributed by atoms with van der Waals surface area (Å²) in [6, 6.07) is 10.5. The molecular weight excluding hydrogens is 342 g/mol. The molecule has 0 N–H and O–H groups in total. The van der Waals surface area contributed by atoms with Crippen LogP contribution in [0.1, 0.15) is 25.3 Å². The number of hydrogen-bond acceptors (Lipinski definition) is 5. The van der Waals surface area contributed by atoms with Crippen molar-refractivity contribution in [3.8, 4) is 0 Å². The molecule has 27 heavy (non-hydrogen) atoms. The first kappa shape index (κ1) is 19.8. The topological polar surface area (TPSA) is 53.1 Å². The summed E-state index contributed by atoms with van der Waals surface area (Å²) in [7, 11) is 0. The number of esters is 1. The lowest BCUT2D eigenvalue weighted by Crippen LogP contribution is -2.51. The standard InChI is InChI=1S/C21H31N3O3/c1-2-27-21(26)19-9-6-10-24(16-19)20(25)17-23-13-11-22(12-14-23)15-18-7-4-3-5-8-18/h3-5,7-8,19H,2,6,9-17H2,1H3. The highest BCUT2D eigenvalue weighted by Gasteiger charge is 2.30. The highest BCUT2D eigenvalue weighted by molar-refractivity contribution is 5.80. The fourth-order valence-corrected chi connectivity index (χ4v) is 3.89. The minimum absolute atomic E-state index is 0.139. The van der Waals surface area contributed by atoms with Crippen molar-refractivity contribution in [2.24, 2.45) is 5.92 Å². The van der Waals surface area contributed by atoms with Crippen LogP contribution in [0.5, 0.6) is 0 Å². The number of nitrogens with zero attached hydrogens (tertiary/aromatic N) is 3. The number of piperidine rings is 1. The Morgan fingerprint density at radius 1 is 1.04 bits per heavy atom. The number of likely N-dealkylation sites (tertiary alicyclic amines) is 1. The Kier molecular flexibility index (Phi) is 7.24. The fraction of sp³-hybridized carbons (Fsp3) is 0.619. The second kappa shape index (κ2) is 9.85. The lowest BCUT2D eigenvalue weighted by molar-refractivity contribution is -0.151. The fourth-order valence-electron chi connectivity index (χ4n) is 3.89. The second-order valence-electron chi connectivity index (χ2n) is 7.47. The number of ether oxygens (including phenoxy) is 1. The number of carbonyl (C=O) groups is 2. The van der Waals surface area contributed by atoms with Crippen LogP contribution >= 0.6 is 0 Å². The molecule has 1 amide bonds. The number of benzene rings is 1. The van der Waals surface area contributed by atoms with Crippen molar-refractivity contribution < 1.29 is 14.3 Å². The van der Waals surface area contributed by atoms with Gasteiger partial charge in [0.15, 0.2) is 0 Å². The molecule has 0 saturated carbocycles. The van der Waals surface area contributed by atoms with Gasteiger partial charge in [-0.05, 0) is 25.3 Å². The van der Waals surface area contributed by atoms with E-state index in [4.69, 9.17) is 4.74 Å². The van der Waals surface area contributed by atoms with Gasteiger partial charge in [-0.3, -0.25) is 19.4 Å². The number of piperazine rings is 1. The van der Waals surface area contributed by atoms with Gasteiger partial charge in [0.25, 0.3) is 0 Å². The Bertz CT molecular complexity index is 614. The molecule has 0 spiro atoms. The van der Waals surface area contributed by atoms with Gasteiger partial charge in [-0.2, -0.15) is 0 Å². The molecule has 2 aliphatic heterocycles. The van der Waals surface area contributed by atoms with Crippen LogP contribution < -0.4 is 0 Å². The van der Waals surface area contributed by atoms with Crippen molar-refractivity contribution in [1.29, 1.82) is 0 Å². The van der Waals surface area contributed by atoms with E-state index in [1.165, 1.54) is 5.56 Å². The van der Waals surface area contributed by atoms with Crippen molar-refractivity contribution in [1.82, 2.24) is 14.7 Å². The van der Waals surface area contributed by atoms with Crippen molar-refractivity contribution >= 4 is 11.9 Å². The molecule has 1 atom stereocenters. The molecule has 0 bridgehead atoms. The maximum absolute atomic E-state index is 12.7. The minimum Gasteiger partial charge on any atom is -0.466 e. The van der Waals surface area contributed by atoms with Crippen LogP contribution in [0.25, 0.3) is 0 Å². The van der Waals surface area contributed by atoms with Crippen molar-refractivity contribution in [3.05, 3.63) is 35.9 Å². The summed E-state index contributed by atoms with van der Waals surface area (Å²) < 4.78 is 5.13. The van der Waals surface area contributed by atoms with Gasteiger partial charge >= 0.3 is 5.97 Å². The van der Waals surface area contributed by atoms with Crippen LogP contribution in [0.15, 0.2) is 30.3 Å². The quantitative estimate of drug-likeness (QED) is 0.709. The molecule has 2 saturated heterocycles. The van der Waals surface area contributed by atoms with E-state index >= 15 is 0 Å². The molecule has 2 fully saturated rings. The summed E-state index contributed by atoms with van der Waals surface area (Å²) in [5.41, 5.74) is 1.33. The lowest BCUT2D eigenvalue weighted by atomic mass is 9.98. The van der Waals surface area contributed by atoms with Gasteiger partial charge in [-0.25, -0.2) is 0 Å². The maximum Gasteiger partial charge on any atom is 0.310 e. The highest BCUT2D eigenvalue weighted by atomic mass is 16.5.